The minimum Gasteiger partial charge on any atom is -0.481 e. The monoisotopic (exact) mass is 282 g/mol. The maximum atomic E-state index is 10.8. The van der Waals surface area contributed by atoms with E-state index < -0.39 is 11.9 Å². The lowest BCUT2D eigenvalue weighted by atomic mass is 10.1. The van der Waals surface area contributed by atoms with E-state index in [-0.39, 0.29) is 11.5 Å². The van der Waals surface area contributed by atoms with Crippen molar-refractivity contribution >= 4 is 33.5 Å². The number of ether oxygens (including phenoxy) is 1. The molecule has 14 heavy (non-hydrogen) atoms. The van der Waals surface area contributed by atoms with E-state index in [0.29, 0.717) is 11.1 Å². The molecule has 0 saturated heterocycles. The fourth-order valence-electron chi connectivity index (χ4n) is 1.55. The van der Waals surface area contributed by atoms with Gasteiger partial charge < -0.3 is 9.84 Å². The van der Waals surface area contributed by atoms with E-state index in [1.807, 2.05) is 13.8 Å². The molecule has 5 heteroatoms. The molecule has 2 unspecified atom stereocenters. The lowest BCUT2D eigenvalue weighted by molar-refractivity contribution is -0.140. The van der Waals surface area contributed by atoms with Crippen molar-refractivity contribution in [2.45, 2.75) is 20.0 Å². The number of carbonyl (C=O) groups is 1. The second-order valence-electron chi connectivity index (χ2n) is 3.92. The van der Waals surface area contributed by atoms with Crippen LogP contribution in [0.4, 0.5) is 0 Å². The molecule has 0 aromatic carbocycles. The van der Waals surface area contributed by atoms with Crippen LogP contribution in [0.1, 0.15) is 13.8 Å². The molecule has 80 valence electrons. The lowest BCUT2D eigenvalue weighted by Gasteiger charge is -2.03. The van der Waals surface area contributed by atoms with Gasteiger partial charge in [0.05, 0.1) is 18.6 Å². The van der Waals surface area contributed by atoms with Gasteiger partial charge >= 0.3 is 5.97 Å². The van der Waals surface area contributed by atoms with E-state index in [4.69, 9.17) is 21.4 Å². The quantitative estimate of drug-likeness (QED) is 0.862. The van der Waals surface area contributed by atoms with Crippen LogP contribution in [-0.2, 0) is 9.53 Å². The third-order valence-corrected chi connectivity index (χ3v) is 3.50. The molecule has 2 atom stereocenters. The highest BCUT2D eigenvalue weighted by atomic mass is 79.9. The Hall–Kier alpha value is -0.0600. The first-order chi connectivity index (χ1) is 6.41. The molecule has 1 rings (SSSR count). The topological polar surface area (TPSA) is 46.5 Å². The number of rotatable bonds is 4. The maximum Gasteiger partial charge on any atom is 0.309 e. The van der Waals surface area contributed by atoms with Crippen LogP contribution in [0.3, 0.4) is 0 Å². The SMILES string of the molecule is CC1(C)C(OCC(Br)=CCl)C1C(=O)O. The van der Waals surface area contributed by atoms with Crippen LogP contribution in [0.2, 0.25) is 0 Å². The van der Waals surface area contributed by atoms with Gasteiger partial charge in [0.2, 0.25) is 0 Å². The van der Waals surface area contributed by atoms with Gasteiger partial charge in [-0.25, -0.2) is 0 Å². The van der Waals surface area contributed by atoms with E-state index >= 15 is 0 Å². The highest BCUT2D eigenvalue weighted by Gasteiger charge is 2.63. The second-order valence-corrected chi connectivity index (χ2v) is 5.16. The van der Waals surface area contributed by atoms with Crippen molar-refractivity contribution in [3.05, 3.63) is 10.0 Å². The van der Waals surface area contributed by atoms with Gasteiger partial charge in [0.1, 0.15) is 0 Å². The summed E-state index contributed by atoms with van der Waals surface area (Å²) in [7, 11) is 0. The Balaban J connectivity index is 2.46. The highest BCUT2D eigenvalue weighted by molar-refractivity contribution is 9.11. The first-order valence-electron chi connectivity index (χ1n) is 4.20. The van der Waals surface area contributed by atoms with Gasteiger partial charge in [0.15, 0.2) is 0 Å². The molecule has 0 aromatic heterocycles. The Morgan fingerprint density at radius 1 is 1.71 bits per heavy atom. The molecule has 0 amide bonds. The molecular weight excluding hydrogens is 271 g/mol. The zero-order valence-electron chi connectivity index (χ0n) is 7.96. The summed E-state index contributed by atoms with van der Waals surface area (Å²) in [6, 6.07) is 0. The van der Waals surface area contributed by atoms with Crippen molar-refractivity contribution in [2.24, 2.45) is 11.3 Å². The number of halogens is 2. The number of carboxylic acid groups (broad SMARTS) is 1. The molecule has 0 bridgehead atoms. The average Bonchev–Trinajstić information content (AvgIpc) is 2.64. The standard InChI is InChI=1S/C9H12BrClO3/c1-9(2)6(8(12)13)7(9)14-4-5(10)3-11/h3,6-7H,4H2,1-2H3,(H,12,13). The van der Waals surface area contributed by atoms with Gasteiger partial charge in [-0.3, -0.25) is 4.79 Å². The molecule has 0 heterocycles. The number of carboxylic acids is 1. The van der Waals surface area contributed by atoms with Crippen LogP contribution < -0.4 is 0 Å². The van der Waals surface area contributed by atoms with E-state index in [0.717, 1.165) is 0 Å². The van der Waals surface area contributed by atoms with E-state index in [1.54, 1.807) is 0 Å². The van der Waals surface area contributed by atoms with Gasteiger partial charge in [-0.15, -0.1) is 0 Å². The summed E-state index contributed by atoms with van der Waals surface area (Å²) >= 11 is 8.60. The van der Waals surface area contributed by atoms with Gasteiger partial charge in [0, 0.05) is 15.4 Å². The third-order valence-electron chi connectivity index (χ3n) is 2.51. The number of hydrogen-bond acceptors (Lipinski definition) is 2. The van der Waals surface area contributed by atoms with Crippen molar-refractivity contribution in [1.29, 1.82) is 0 Å². The van der Waals surface area contributed by atoms with Crippen molar-refractivity contribution in [2.75, 3.05) is 6.61 Å². The predicted molar refractivity (Wildman–Crippen MR) is 57.5 cm³/mol. The molecule has 1 N–H and O–H groups in total. The van der Waals surface area contributed by atoms with Gasteiger partial charge in [-0.1, -0.05) is 41.4 Å². The molecule has 1 saturated carbocycles. The molecular formula is C9H12BrClO3. The molecule has 3 nitrogen and oxygen atoms in total. The molecule has 1 aliphatic rings. The first-order valence-corrected chi connectivity index (χ1v) is 5.43. The number of aliphatic carboxylic acids is 1. The van der Waals surface area contributed by atoms with Crippen LogP contribution in [0.25, 0.3) is 0 Å². The van der Waals surface area contributed by atoms with Crippen LogP contribution in [0, 0.1) is 11.3 Å². The molecule has 0 spiro atoms. The maximum absolute atomic E-state index is 10.8. The van der Waals surface area contributed by atoms with Crippen LogP contribution in [0.5, 0.6) is 0 Å². The summed E-state index contributed by atoms with van der Waals surface area (Å²) in [5, 5.41) is 8.85. The third kappa shape index (κ3) is 2.30. The average molecular weight is 284 g/mol. The van der Waals surface area contributed by atoms with Gasteiger partial charge in [-0.05, 0) is 0 Å². The predicted octanol–water partition coefficient (Wildman–Crippen LogP) is 2.59. The van der Waals surface area contributed by atoms with E-state index in [1.165, 1.54) is 5.54 Å². The summed E-state index contributed by atoms with van der Waals surface area (Å²) in [6.07, 6.45) is -0.218. The zero-order valence-corrected chi connectivity index (χ0v) is 10.3. The van der Waals surface area contributed by atoms with Crippen molar-refractivity contribution in [3.63, 3.8) is 0 Å². The highest BCUT2D eigenvalue weighted by Crippen LogP contribution is 2.54. The summed E-state index contributed by atoms with van der Waals surface area (Å²) < 4.78 is 6.13. The Morgan fingerprint density at radius 2 is 2.29 bits per heavy atom. The Morgan fingerprint density at radius 3 is 2.64 bits per heavy atom. The van der Waals surface area contributed by atoms with Gasteiger partial charge in [0.25, 0.3) is 0 Å². The minimum absolute atomic E-state index is 0.218. The van der Waals surface area contributed by atoms with E-state index in [9.17, 15) is 4.79 Å². The van der Waals surface area contributed by atoms with Crippen molar-refractivity contribution in [1.82, 2.24) is 0 Å². The summed E-state index contributed by atoms with van der Waals surface area (Å²) in [6.45, 7) is 4.09. The first kappa shape index (κ1) is 12.0. The summed E-state index contributed by atoms with van der Waals surface area (Å²) in [5.74, 6) is -1.20. The summed E-state index contributed by atoms with van der Waals surface area (Å²) in [5.41, 5.74) is 1.09. The Kier molecular flexibility index (Phi) is 3.61. The lowest BCUT2D eigenvalue weighted by Crippen LogP contribution is -2.06. The molecule has 1 fully saturated rings. The molecule has 0 aromatic rings. The normalized spacial score (nSPS) is 30.1. The van der Waals surface area contributed by atoms with Crippen molar-refractivity contribution in [3.8, 4) is 0 Å². The summed E-state index contributed by atoms with van der Waals surface area (Å²) in [4.78, 5) is 10.8. The zero-order chi connectivity index (χ0) is 10.9. The Bertz CT molecular complexity index is 275. The van der Waals surface area contributed by atoms with Crippen LogP contribution in [-0.4, -0.2) is 23.8 Å². The molecule has 1 aliphatic carbocycles. The largest absolute Gasteiger partial charge is 0.481 e. The minimum atomic E-state index is -0.800. The van der Waals surface area contributed by atoms with Crippen molar-refractivity contribution < 1.29 is 14.6 Å². The Labute approximate surface area is 96.2 Å². The van der Waals surface area contributed by atoms with Gasteiger partial charge in [-0.2, -0.15) is 0 Å². The number of hydrogen-bond donors (Lipinski definition) is 1. The van der Waals surface area contributed by atoms with E-state index in [2.05, 4.69) is 15.9 Å². The second kappa shape index (κ2) is 4.21. The molecule has 0 radical (unpaired) electrons. The van der Waals surface area contributed by atoms with Crippen LogP contribution >= 0.6 is 27.5 Å². The van der Waals surface area contributed by atoms with Crippen LogP contribution in [0.15, 0.2) is 10.0 Å². The smallest absolute Gasteiger partial charge is 0.309 e. The fraction of sp³-hybridized carbons (Fsp3) is 0.667. The molecule has 0 aliphatic heterocycles. The fourth-order valence-corrected chi connectivity index (χ4v) is 1.75.